The number of carbonyl (C=O) groups is 1. The smallest absolute Gasteiger partial charge is 0.223 e. The highest BCUT2D eigenvalue weighted by Crippen LogP contribution is 2.58. The Kier molecular flexibility index (Phi) is 4.29. The highest BCUT2D eigenvalue weighted by atomic mass is 16.2. The number of hydrogen-bond donors (Lipinski definition) is 2. The summed E-state index contributed by atoms with van der Waals surface area (Å²) in [6.45, 7) is 8.54. The van der Waals surface area contributed by atoms with E-state index in [1.54, 1.807) is 0 Å². The Morgan fingerprint density at radius 2 is 1.95 bits per heavy atom. The first-order valence-corrected chi connectivity index (χ1v) is 8.09. The van der Waals surface area contributed by atoms with Gasteiger partial charge in [0.1, 0.15) is 0 Å². The van der Waals surface area contributed by atoms with Crippen LogP contribution in [-0.4, -0.2) is 75.1 Å². The first kappa shape index (κ1) is 14.3. The van der Waals surface area contributed by atoms with Gasteiger partial charge in [-0.05, 0) is 44.8 Å². The Bertz CT molecular complexity index is 346. The van der Waals surface area contributed by atoms with E-state index in [9.17, 15) is 4.79 Å². The number of amides is 1. The third-order valence-corrected chi connectivity index (χ3v) is 5.43. The lowest BCUT2D eigenvalue weighted by Gasteiger charge is -2.32. The van der Waals surface area contributed by atoms with Crippen molar-refractivity contribution in [2.45, 2.75) is 19.3 Å². The van der Waals surface area contributed by atoms with Gasteiger partial charge in [0.05, 0.1) is 0 Å². The summed E-state index contributed by atoms with van der Waals surface area (Å²) in [5, 5.41) is 6.55. The molecule has 2 N–H and O–H groups in total. The van der Waals surface area contributed by atoms with Crippen LogP contribution in [0, 0.1) is 11.3 Å². The quantitative estimate of drug-likeness (QED) is 0.745. The number of carbonyl (C=O) groups excluding carboxylic acids is 1. The molecular weight excluding hydrogens is 252 g/mol. The van der Waals surface area contributed by atoms with E-state index in [0.717, 1.165) is 58.8 Å². The molecule has 0 aromatic carbocycles. The Labute approximate surface area is 122 Å². The molecule has 5 heteroatoms. The fourth-order valence-electron chi connectivity index (χ4n) is 3.73. The van der Waals surface area contributed by atoms with Crippen LogP contribution >= 0.6 is 0 Å². The molecule has 0 radical (unpaired) electrons. The molecule has 2 heterocycles. The van der Waals surface area contributed by atoms with Gasteiger partial charge in [0.25, 0.3) is 0 Å². The zero-order valence-corrected chi connectivity index (χ0v) is 12.7. The van der Waals surface area contributed by atoms with Gasteiger partial charge in [-0.2, -0.15) is 0 Å². The summed E-state index contributed by atoms with van der Waals surface area (Å²) in [6.07, 6.45) is 3.49. The number of nitrogens with zero attached hydrogens (tertiary/aromatic N) is 2. The van der Waals surface area contributed by atoms with Crippen LogP contribution in [-0.2, 0) is 4.79 Å². The predicted molar refractivity (Wildman–Crippen MR) is 79.6 cm³/mol. The van der Waals surface area contributed by atoms with E-state index in [0.29, 0.717) is 17.2 Å². The van der Waals surface area contributed by atoms with Crippen LogP contribution in [0.2, 0.25) is 0 Å². The molecule has 3 rings (SSSR count). The topological polar surface area (TPSA) is 47.6 Å². The van der Waals surface area contributed by atoms with Gasteiger partial charge in [-0.1, -0.05) is 0 Å². The molecule has 1 unspecified atom stereocenters. The van der Waals surface area contributed by atoms with Gasteiger partial charge in [-0.25, -0.2) is 0 Å². The van der Waals surface area contributed by atoms with Crippen molar-refractivity contribution in [3.8, 4) is 0 Å². The number of rotatable bonds is 4. The number of likely N-dealkylation sites (N-methyl/N-ethyl adjacent to an activating group) is 1. The average Bonchev–Trinajstić information content (AvgIpc) is 3.15. The largest absolute Gasteiger partial charge is 0.355 e. The van der Waals surface area contributed by atoms with E-state index in [1.807, 2.05) is 0 Å². The summed E-state index contributed by atoms with van der Waals surface area (Å²) in [6, 6.07) is 0. The van der Waals surface area contributed by atoms with Crippen molar-refractivity contribution < 1.29 is 4.79 Å². The molecular formula is C15H28N4O. The van der Waals surface area contributed by atoms with Crippen LogP contribution in [0.4, 0.5) is 0 Å². The molecule has 1 amide bonds. The molecule has 5 nitrogen and oxygen atoms in total. The van der Waals surface area contributed by atoms with Gasteiger partial charge in [0.15, 0.2) is 0 Å². The molecule has 20 heavy (non-hydrogen) atoms. The highest BCUT2D eigenvalue weighted by molar-refractivity contribution is 5.82. The van der Waals surface area contributed by atoms with E-state index >= 15 is 0 Å². The van der Waals surface area contributed by atoms with E-state index in [2.05, 4.69) is 27.5 Å². The SMILES string of the molecule is CN1CCN(CCNC(=O)C2CC23CCNCC3)CC1. The second kappa shape index (κ2) is 6.00. The summed E-state index contributed by atoms with van der Waals surface area (Å²) >= 11 is 0. The fraction of sp³-hybridized carbons (Fsp3) is 0.933. The number of piperazine rings is 1. The molecule has 1 saturated carbocycles. The van der Waals surface area contributed by atoms with Crippen molar-refractivity contribution in [2.75, 3.05) is 59.4 Å². The Hall–Kier alpha value is -0.650. The normalized spacial score (nSPS) is 30.4. The zero-order valence-electron chi connectivity index (χ0n) is 12.7. The van der Waals surface area contributed by atoms with Crippen LogP contribution in [0.3, 0.4) is 0 Å². The van der Waals surface area contributed by atoms with Crippen LogP contribution in [0.25, 0.3) is 0 Å². The summed E-state index contributed by atoms with van der Waals surface area (Å²) in [5.41, 5.74) is 0.364. The molecule has 2 aliphatic heterocycles. The summed E-state index contributed by atoms with van der Waals surface area (Å²) < 4.78 is 0. The van der Waals surface area contributed by atoms with Gasteiger partial charge in [0, 0.05) is 45.2 Å². The first-order chi connectivity index (χ1) is 9.70. The van der Waals surface area contributed by atoms with Crippen molar-refractivity contribution in [1.82, 2.24) is 20.4 Å². The molecule has 1 atom stereocenters. The fourth-order valence-corrected chi connectivity index (χ4v) is 3.73. The van der Waals surface area contributed by atoms with Crippen LogP contribution in [0.15, 0.2) is 0 Å². The van der Waals surface area contributed by atoms with Crippen LogP contribution in [0.5, 0.6) is 0 Å². The van der Waals surface area contributed by atoms with Crippen molar-refractivity contribution in [1.29, 1.82) is 0 Å². The zero-order chi connectivity index (χ0) is 14.0. The lowest BCUT2D eigenvalue weighted by molar-refractivity contribution is -0.123. The lowest BCUT2D eigenvalue weighted by Crippen LogP contribution is -2.47. The number of hydrogen-bond acceptors (Lipinski definition) is 4. The van der Waals surface area contributed by atoms with Crippen LogP contribution < -0.4 is 10.6 Å². The predicted octanol–water partition coefficient (Wildman–Crippen LogP) is -0.260. The summed E-state index contributed by atoms with van der Waals surface area (Å²) in [5.74, 6) is 0.609. The molecule has 0 aromatic heterocycles. The standard InChI is InChI=1S/C15H28N4O/c1-18-8-10-19(11-9-18)7-6-17-14(20)13-12-15(13)2-4-16-5-3-15/h13,16H,2-12H2,1H3,(H,17,20). The first-order valence-electron chi connectivity index (χ1n) is 8.09. The second-order valence-corrected chi connectivity index (χ2v) is 6.81. The Morgan fingerprint density at radius 3 is 2.65 bits per heavy atom. The maximum Gasteiger partial charge on any atom is 0.223 e. The average molecular weight is 280 g/mol. The van der Waals surface area contributed by atoms with Gasteiger partial charge in [-0.15, -0.1) is 0 Å². The van der Waals surface area contributed by atoms with Crippen LogP contribution in [0.1, 0.15) is 19.3 Å². The number of piperidine rings is 1. The van der Waals surface area contributed by atoms with E-state index in [4.69, 9.17) is 0 Å². The van der Waals surface area contributed by atoms with Gasteiger partial charge in [0.2, 0.25) is 5.91 Å². The van der Waals surface area contributed by atoms with Crippen molar-refractivity contribution in [3.05, 3.63) is 0 Å². The van der Waals surface area contributed by atoms with E-state index < -0.39 is 0 Å². The maximum atomic E-state index is 12.2. The minimum Gasteiger partial charge on any atom is -0.355 e. The monoisotopic (exact) mass is 280 g/mol. The third-order valence-electron chi connectivity index (χ3n) is 5.43. The minimum atomic E-state index is 0.303. The lowest BCUT2D eigenvalue weighted by atomic mass is 9.92. The molecule has 3 fully saturated rings. The second-order valence-electron chi connectivity index (χ2n) is 6.81. The van der Waals surface area contributed by atoms with Gasteiger partial charge in [-0.3, -0.25) is 9.69 Å². The van der Waals surface area contributed by atoms with Crippen molar-refractivity contribution in [2.24, 2.45) is 11.3 Å². The third kappa shape index (κ3) is 3.15. The molecule has 1 spiro atoms. The highest BCUT2D eigenvalue weighted by Gasteiger charge is 2.57. The Balaban J connectivity index is 1.34. The Morgan fingerprint density at radius 1 is 1.25 bits per heavy atom. The number of nitrogens with one attached hydrogen (secondary N) is 2. The molecule has 3 aliphatic rings. The van der Waals surface area contributed by atoms with Gasteiger partial charge < -0.3 is 15.5 Å². The molecule has 1 aliphatic carbocycles. The van der Waals surface area contributed by atoms with E-state index in [-0.39, 0.29) is 0 Å². The molecule has 0 bridgehead atoms. The van der Waals surface area contributed by atoms with Crippen molar-refractivity contribution in [3.63, 3.8) is 0 Å². The van der Waals surface area contributed by atoms with E-state index in [1.165, 1.54) is 12.8 Å². The summed E-state index contributed by atoms with van der Waals surface area (Å²) in [4.78, 5) is 17.0. The van der Waals surface area contributed by atoms with Gasteiger partial charge >= 0.3 is 0 Å². The molecule has 0 aromatic rings. The minimum absolute atomic E-state index is 0.303. The maximum absolute atomic E-state index is 12.2. The summed E-state index contributed by atoms with van der Waals surface area (Å²) in [7, 11) is 2.17. The molecule has 2 saturated heterocycles. The molecule has 114 valence electrons. The van der Waals surface area contributed by atoms with Crippen molar-refractivity contribution >= 4 is 5.91 Å².